The number of aromatic nitrogens is 3. The van der Waals surface area contributed by atoms with Gasteiger partial charge in [-0.2, -0.15) is 5.10 Å². The van der Waals surface area contributed by atoms with Gasteiger partial charge in [0.05, 0.1) is 5.56 Å². The number of methoxy groups -OCH3 is 1. The molecular weight excluding hydrogens is 282 g/mol. The summed E-state index contributed by atoms with van der Waals surface area (Å²) < 4.78 is 5.02. The minimum atomic E-state index is -0.890. The van der Waals surface area contributed by atoms with E-state index in [4.69, 9.17) is 4.74 Å². The van der Waals surface area contributed by atoms with Crippen molar-refractivity contribution in [3.63, 3.8) is 0 Å². The van der Waals surface area contributed by atoms with Crippen molar-refractivity contribution in [2.45, 2.75) is 39.2 Å². The Morgan fingerprint density at radius 3 is 2.73 bits per heavy atom. The Morgan fingerprint density at radius 1 is 1.41 bits per heavy atom. The molecular formula is C16H19N3O3. The average Bonchev–Trinajstić information content (AvgIpc) is 3.21. The summed E-state index contributed by atoms with van der Waals surface area (Å²) >= 11 is 0. The van der Waals surface area contributed by atoms with Gasteiger partial charge in [0.2, 0.25) is 0 Å². The summed E-state index contributed by atoms with van der Waals surface area (Å²) in [6, 6.07) is 1.71. The van der Waals surface area contributed by atoms with Crippen LogP contribution in [0.1, 0.15) is 51.6 Å². The number of nitrogens with one attached hydrogen (secondary N) is 1. The fourth-order valence-electron chi connectivity index (χ4n) is 2.86. The summed E-state index contributed by atoms with van der Waals surface area (Å²) in [5, 5.41) is 16.6. The SMILES string of the molecule is COCc1nc(-c2cc(C(=O)O)c(C3CC3)c(C)c2C)n[nH]1. The van der Waals surface area contributed by atoms with Crippen molar-refractivity contribution in [2.24, 2.45) is 0 Å². The Balaban J connectivity index is 2.13. The average molecular weight is 301 g/mol. The van der Waals surface area contributed by atoms with E-state index < -0.39 is 5.97 Å². The molecule has 3 rings (SSSR count). The Labute approximate surface area is 128 Å². The highest BCUT2D eigenvalue weighted by atomic mass is 16.5. The second-order valence-corrected chi connectivity index (χ2v) is 5.75. The topological polar surface area (TPSA) is 88.1 Å². The van der Waals surface area contributed by atoms with Crippen LogP contribution in [-0.2, 0) is 11.3 Å². The highest BCUT2D eigenvalue weighted by Crippen LogP contribution is 2.45. The Hall–Kier alpha value is -2.21. The molecule has 1 fully saturated rings. The first-order valence-corrected chi connectivity index (χ1v) is 7.31. The maximum atomic E-state index is 11.6. The maximum Gasteiger partial charge on any atom is 0.336 e. The summed E-state index contributed by atoms with van der Waals surface area (Å²) in [4.78, 5) is 16.0. The first-order chi connectivity index (χ1) is 10.5. The van der Waals surface area contributed by atoms with E-state index in [-0.39, 0.29) is 0 Å². The van der Waals surface area contributed by atoms with Gasteiger partial charge < -0.3 is 9.84 Å². The molecule has 0 bridgehead atoms. The van der Waals surface area contributed by atoms with E-state index in [1.54, 1.807) is 13.2 Å². The van der Waals surface area contributed by atoms with Gasteiger partial charge in [0.25, 0.3) is 0 Å². The van der Waals surface area contributed by atoms with Crippen molar-refractivity contribution >= 4 is 5.97 Å². The normalized spacial score (nSPS) is 14.3. The van der Waals surface area contributed by atoms with Crippen molar-refractivity contribution in [3.05, 3.63) is 34.1 Å². The van der Waals surface area contributed by atoms with E-state index in [2.05, 4.69) is 15.2 Å². The number of aromatic carboxylic acids is 1. The molecule has 0 amide bonds. The number of aromatic amines is 1. The van der Waals surface area contributed by atoms with Crippen LogP contribution in [0.15, 0.2) is 6.07 Å². The summed E-state index contributed by atoms with van der Waals surface area (Å²) in [6.07, 6.45) is 2.14. The monoisotopic (exact) mass is 301 g/mol. The fraction of sp³-hybridized carbons (Fsp3) is 0.438. The smallest absolute Gasteiger partial charge is 0.336 e. The zero-order valence-electron chi connectivity index (χ0n) is 12.9. The van der Waals surface area contributed by atoms with Crippen LogP contribution >= 0.6 is 0 Å². The van der Waals surface area contributed by atoms with Crippen molar-refractivity contribution in [1.82, 2.24) is 15.2 Å². The number of hydrogen-bond acceptors (Lipinski definition) is 4. The molecule has 1 aliphatic rings. The highest BCUT2D eigenvalue weighted by Gasteiger charge is 2.31. The van der Waals surface area contributed by atoms with Gasteiger partial charge in [-0.3, -0.25) is 5.10 Å². The third-order valence-corrected chi connectivity index (χ3v) is 4.22. The molecule has 0 radical (unpaired) electrons. The second-order valence-electron chi connectivity index (χ2n) is 5.75. The predicted molar refractivity (Wildman–Crippen MR) is 80.9 cm³/mol. The minimum absolute atomic E-state index is 0.344. The molecule has 0 spiro atoms. The van der Waals surface area contributed by atoms with E-state index in [9.17, 15) is 9.90 Å². The molecule has 116 valence electrons. The van der Waals surface area contributed by atoms with Crippen molar-refractivity contribution in [2.75, 3.05) is 7.11 Å². The van der Waals surface area contributed by atoms with Crippen LogP contribution in [0.5, 0.6) is 0 Å². The number of carboxylic acids is 1. The third kappa shape index (κ3) is 2.50. The Kier molecular flexibility index (Phi) is 3.70. The number of rotatable bonds is 5. The Morgan fingerprint density at radius 2 is 2.14 bits per heavy atom. The molecule has 22 heavy (non-hydrogen) atoms. The van der Waals surface area contributed by atoms with Crippen LogP contribution in [0, 0.1) is 13.8 Å². The van der Waals surface area contributed by atoms with Crippen LogP contribution in [0.3, 0.4) is 0 Å². The maximum absolute atomic E-state index is 11.6. The fourth-order valence-corrected chi connectivity index (χ4v) is 2.86. The lowest BCUT2D eigenvalue weighted by atomic mass is 9.90. The predicted octanol–water partition coefficient (Wildman–Crippen LogP) is 2.81. The number of hydrogen-bond donors (Lipinski definition) is 2. The first-order valence-electron chi connectivity index (χ1n) is 7.31. The van der Waals surface area contributed by atoms with Gasteiger partial charge >= 0.3 is 5.97 Å². The zero-order valence-corrected chi connectivity index (χ0v) is 12.9. The van der Waals surface area contributed by atoms with Crippen molar-refractivity contribution < 1.29 is 14.6 Å². The highest BCUT2D eigenvalue weighted by molar-refractivity contribution is 5.92. The molecule has 0 unspecified atom stereocenters. The molecule has 0 aliphatic heterocycles. The van der Waals surface area contributed by atoms with Crippen LogP contribution in [0.4, 0.5) is 0 Å². The van der Waals surface area contributed by atoms with Crippen LogP contribution in [0.25, 0.3) is 11.4 Å². The zero-order chi connectivity index (χ0) is 15.9. The molecule has 2 N–H and O–H groups in total. The van der Waals surface area contributed by atoms with E-state index >= 15 is 0 Å². The van der Waals surface area contributed by atoms with Crippen molar-refractivity contribution in [1.29, 1.82) is 0 Å². The molecule has 1 heterocycles. The largest absolute Gasteiger partial charge is 0.478 e. The van der Waals surface area contributed by atoms with E-state index in [1.807, 2.05) is 13.8 Å². The summed E-state index contributed by atoms with van der Waals surface area (Å²) in [5.74, 6) is 0.629. The van der Waals surface area contributed by atoms with Gasteiger partial charge in [0, 0.05) is 12.7 Å². The minimum Gasteiger partial charge on any atom is -0.478 e. The molecule has 1 aliphatic carbocycles. The molecule has 2 aromatic rings. The summed E-state index contributed by atoms with van der Waals surface area (Å²) in [6.45, 7) is 4.33. The standard InChI is InChI=1S/C16H19N3O3/c1-8-9(2)14(10-4-5-10)12(16(20)21)6-11(8)15-17-13(7-22-3)18-19-15/h6,10H,4-5,7H2,1-3H3,(H,20,21)(H,17,18,19). The van der Waals surface area contributed by atoms with E-state index in [1.165, 1.54) is 0 Å². The van der Waals surface area contributed by atoms with Gasteiger partial charge in [-0.15, -0.1) is 0 Å². The molecule has 6 heteroatoms. The van der Waals surface area contributed by atoms with Crippen LogP contribution in [-0.4, -0.2) is 33.4 Å². The number of benzene rings is 1. The number of carboxylic acid groups (broad SMARTS) is 1. The number of ether oxygens (including phenoxy) is 1. The van der Waals surface area contributed by atoms with Crippen LogP contribution < -0.4 is 0 Å². The quantitative estimate of drug-likeness (QED) is 0.886. The number of nitrogens with zero attached hydrogens (tertiary/aromatic N) is 2. The van der Waals surface area contributed by atoms with Gasteiger partial charge in [0.1, 0.15) is 6.61 Å². The van der Waals surface area contributed by atoms with Gasteiger partial charge in [0.15, 0.2) is 11.6 Å². The molecule has 0 atom stereocenters. The summed E-state index contributed by atoms with van der Waals surface area (Å²) in [7, 11) is 1.59. The lowest BCUT2D eigenvalue weighted by molar-refractivity contribution is 0.0695. The lowest BCUT2D eigenvalue weighted by Crippen LogP contribution is -2.07. The molecule has 6 nitrogen and oxygen atoms in total. The van der Waals surface area contributed by atoms with Gasteiger partial charge in [-0.1, -0.05) is 0 Å². The first kappa shape index (κ1) is 14.7. The van der Waals surface area contributed by atoms with Gasteiger partial charge in [-0.05, 0) is 55.4 Å². The lowest BCUT2D eigenvalue weighted by Gasteiger charge is -2.15. The van der Waals surface area contributed by atoms with Crippen LogP contribution in [0.2, 0.25) is 0 Å². The van der Waals surface area contributed by atoms with E-state index in [0.29, 0.717) is 29.7 Å². The number of carbonyl (C=O) groups is 1. The molecule has 1 aromatic heterocycles. The molecule has 1 saturated carbocycles. The third-order valence-electron chi connectivity index (χ3n) is 4.22. The van der Waals surface area contributed by atoms with Gasteiger partial charge in [-0.25, -0.2) is 9.78 Å². The molecule has 0 saturated heterocycles. The Bertz CT molecular complexity index is 732. The second kappa shape index (κ2) is 5.53. The molecule has 1 aromatic carbocycles. The summed E-state index contributed by atoms with van der Waals surface area (Å²) in [5.41, 5.74) is 4.18. The van der Waals surface area contributed by atoms with Crippen molar-refractivity contribution in [3.8, 4) is 11.4 Å². The number of H-pyrrole nitrogens is 1. The van der Waals surface area contributed by atoms with E-state index in [0.717, 1.165) is 35.1 Å².